The van der Waals surface area contributed by atoms with E-state index in [0.29, 0.717) is 60.2 Å². The molecule has 4 heterocycles. The number of ether oxygens (including phenoxy) is 5. The minimum Gasteiger partial charge on any atom is -0.481 e. The van der Waals surface area contributed by atoms with E-state index in [1.165, 1.54) is 29.5 Å². The van der Waals surface area contributed by atoms with Gasteiger partial charge in [0.15, 0.2) is 18.1 Å². The number of hydrogen-bond acceptors (Lipinski definition) is 11. The lowest BCUT2D eigenvalue weighted by molar-refractivity contribution is -0.0717. The van der Waals surface area contributed by atoms with Crippen LogP contribution < -0.4 is 23.8 Å². The molecule has 0 N–H and O–H groups in total. The van der Waals surface area contributed by atoms with Gasteiger partial charge in [0.1, 0.15) is 15.2 Å². The monoisotopic (exact) mass is 579 g/mol. The van der Waals surface area contributed by atoms with Crippen LogP contribution in [-0.4, -0.2) is 60.2 Å². The number of hydrogen-bond donors (Lipinski definition) is 0. The Morgan fingerprint density at radius 1 is 1.07 bits per heavy atom. The molecule has 40 heavy (non-hydrogen) atoms. The SMILES string of the molecule is COc1ccc(N(C)C(=O)O[C@@H]2COc3c(cc(Cl)c4nc(-c5cc(C)cc6nc(OC)cnc56)sc34)O2)cn1. The Labute approximate surface area is 237 Å². The smallest absolute Gasteiger partial charge is 0.417 e. The highest BCUT2D eigenvalue weighted by Crippen LogP contribution is 2.47. The zero-order valence-corrected chi connectivity index (χ0v) is 23.4. The molecule has 1 atom stereocenters. The summed E-state index contributed by atoms with van der Waals surface area (Å²) in [5, 5.41) is 1.07. The molecular formula is C27H22ClN5O6S. The number of rotatable bonds is 5. The van der Waals surface area contributed by atoms with Crippen molar-refractivity contribution in [2.75, 3.05) is 32.8 Å². The van der Waals surface area contributed by atoms with Crippen molar-refractivity contribution >= 4 is 56.0 Å². The second-order valence-corrected chi connectivity index (χ2v) is 10.2. The molecule has 0 aliphatic carbocycles. The van der Waals surface area contributed by atoms with Crippen molar-refractivity contribution in [1.82, 2.24) is 19.9 Å². The van der Waals surface area contributed by atoms with Crippen LogP contribution in [0.2, 0.25) is 5.02 Å². The highest BCUT2D eigenvalue weighted by atomic mass is 35.5. The van der Waals surface area contributed by atoms with E-state index in [9.17, 15) is 4.79 Å². The summed E-state index contributed by atoms with van der Waals surface area (Å²) < 4.78 is 28.5. The van der Waals surface area contributed by atoms with Gasteiger partial charge in [0, 0.05) is 24.7 Å². The van der Waals surface area contributed by atoms with Crippen LogP contribution in [0, 0.1) is 6.92 Å². The summed E-state index contributed by atoms with van der Waals surface area (Å²) in [6.07, 6.45) is 1.45. The Bertz CT molecular complexity index is 1760. The summed E-state index contributed by atoms with van der Waals surface area (Å²) in [6, 6.07) is 8.90. The lowest BCUT2D eigenvalue weighted by Gasteiger charge is -2.28. The topological polar surface area (TPSA) is 118 Å². The molecule has 204 valence electrons. The molecule has 0 radical (unpaired) electrons. The summed E-state index contributed by atoms with van der Waals surface area (Å²) in [4.78, 5) is 32.1. The third-order valence-corrected chi connectivity index (χ3v) is 7.57. The van der Waals surface area contributed by atoms with E-state index in [-0.39, 0.29) is 6.61 Å². The van der Waals surface area contributed by atoms with Crippen LogP contribution in [0.5, 0.6) is 23.3 Å². The van der Waals surface area contributed by atoms with Crippen molar-refractivity contribution in [2.45, 2.75) is 13.2 Å². The van der Waals surface area contributed by atoms with Crippen LogP contribution in [0.4, 0.5) is 10.5 Å². The average molecular weight is 580 g/mol. The lowest BCUT2D eigenvalue weighted by Crippen LogP contribution is -2.38. The second-order valence-electron chi connectivity index (χ2n) is 8.83. The van der Waals surface area contributed by atoms with Crippen molar-refractivity contribution < 1.29 is 28.5 Å². The van der Waals surface area contributed by atoms with Crippen molar-refractivity contribution in [3.63, 3.8) is 0 Å². The Hall–Kier alpha value is -4.42. The Kier molecular flexibility index (Phi) is 6.64. The molecule has 0 bridgehead atoms. The number of thiazole rings is 1. The van der Waals surface area contributed by atoms with Crippen LogP contribution in [0.1, 0.15) is 5.56 Å². The molecule has 2 aromatic carbocycles. The largest absolute Gasteiger partial charge is 0.481 e. The van der Waals surface area contributed by atoms with Gasteiger partial charge in [0.05, 0.1) is 48.4 Å². The molecule has 0 saturated carbocycles. The summed E-state index contributed by atoms with van der Waals surface area (Å²) in [5.41, 5.74) is 4.30. The third-order valence-electron chi connectivity index (χ3n) is 6.20. The first-order chi connectivity index (χ1) is 19.3. The van der Waals surface area contributed by atoms with Gasteiger partial charge in [-0.25, -0.2) is 24.7 Å². The van der Waals surface area contributed by atoms with E-state index in [0.717, 1.165) is 11.1 Å². The zero-order chi connectivity index (χ0) is 28.0. The maximum absolute atomic E-state index is 12.7. The Morgan fingerprint density at radius 3 is 2.65 bits per heavy atom. The van der Waals surface area contributed by atoms with Crippen LogP contribution >= 0.6 is 22.9 Å². The van der Waals surface area contributed by atoms with Gasteiger partial charge in [0.2, 0.25) is 11.8 Å². The number of pyridine rings is 1. The number of amides is 1. The second kappa shape index (κ2) is 10.3. The van der Waals surface area contributed by atoms with Crippen molar-refractivity contribution in [1.29, 1.82) is 0 Å². The summed E-state index contributed by atoms with van der Waals surface area (Å²) in [5.74, 6) is 1.69. The molecule has 0 unspecified atom stereocenters. The van der Waals surface area contributed by atoms with E-state index in [1.54, 1.807) is 38.6 Å². The number of nitrogens with zero attached hydrogens (tertiary/aromatic N) is 5. The van der Waals surface area contributed by atoms with Crippen molar-refractivity contribution in [3.05, 3.63) is 53.3 Å². The Morgan fingerprint density at radius 2 is 1.90 bits per heavy atom. The highest BCUT2D eigenvalue weighted by molar-refractivity contribution is 7.22. The fraction of sp³-hybridized carbons (Fsp3) is 0.222. The molecule has 1 amide bonds. The minimum absolute atomic E-state index is 0.0178. The van der Waals surface area contributed by atoms with Gasteiger partial charge in [-0.3, -0.25) is 4.90 Å². The van der Waals surface area contributed by atoms with Crippen LogP contribution in [0.15, 0.2) is 42.7 Å². The van der Waals surface area contributed by atoms with Gasteiger partial charge in [-0.2, -0.15) is 0 Å². The summed E-state index contributed by atoms with van der Waals surface area (Å²) in [6.45, 7) is 1.96. The number of aromatic nitrogens is 4. The van der Waals surface area contributed by atoms with Crippen LogP contribution in [0.3, 0.4) is 0 Å². The van der Waals surface area contributed by atoms with Gasteiger partial charge in [-0.05, 0) is 30.7 Å². The number of anilines is 1. The minimum atomic E-state index is -0.986. The van der Waals surface area contributed by atoms with Gasteiger partial charge < -0.3 is 23.7 Å². The number of carbonyl (C=O) groups excluding carboxylic acids is 1. The molecule has 1 aliphatic heterocycles. The fourth-order valence-electron chi connectivity index (χ4n) is 4.22. The van der Waals surface area contributed by atoms with Gasteiger partial charge in [0.25, 0.3) is 6.29 Å². The molecule has 3 aromatic heterocycles. The van der Waals surface area contributed by atoms with Crippen molar-refractivity contribution in [2.24, 2.45) is 0 Å². The van der Waals surface area contributed by atoms with E-state index in [1.807, 2.05) is 19.1 Å². The first-order valence-corrected chi connectivity index (χ1v) is 13.2. The molecule has 13 heteroatoms. The molecule has 11 nitrogen and oxygen atoms in total. The quantitative estimate of drug-likeness (QED) is 0.258. The van der Waals surface area contributed by atoms with Gasteiger partial charge in [-0.1, -0.05) is 11.6 Å². The zero-order valence-electron chi connectivity index (χ0n) is 21.8. The lowest BCUT2D eigenvalue weighted by atomic mass is 10.1. The molecule has 6 rings (SSSR count). The highest BCUT2D eigenvalue weighted by Gasteiger charge is 2.30. The third kappa shape index (κ3) is 4.65. The summed E-state index contributed by atoms with van der Waals surface area (Å²) in [7, 11) is 4.63. The van der Waals surface area contributed by atoms with E-state index in [2.05, 4.69) is 15.0 Å². The molecule has 0 fully saturated rings. The average Bonchev–Trinajstić information content (AvgIpc) is 3.42. The molecule has 1 aliphatic rings. The normalized spacial score (nSPS) is 14.3. The van der Waals surface area contributed by atoms with E-state index >= 15 is 0 Å². The predicted octanol–water partition coefficient (Wildman–Crippen LogP) is 5.65. The van der Waals surface area contributed by atoms with Gasteiger partial charge in [-0.15, -0.1) is 11.3 Å². The molecular weight excluding hydrogens is 558 g/mol. The maximum Gasteiger partial charge on any atom is 0.417 e. The van der Waals surface area contributed by atoms with Gasteiger partial charge >= 0.3 is 6.09 Å². The molecule has 0 spiro atoms. The maximum atomic E-state index is 12.7. The number of carbonyl (C=O) groups is 1. The predicted molar refractivity (Wildman–Crippen MR) is 150 cm³/mol. The standard InChI is InChI=1S/C27H22ClN5O6S/c1-13-7-15(22-17(8-13)31-20(36-4)11-30-22)26-32-23-16(28)9-18-24(25(23)40-26)37-12-21(38-18)39-27(34)33(2)14-5-6-19(35-3)29-10-14/h5-11,21H,12H2,1-4H3/t21-/m1/s1. The fourth-order valence-corrected chi connectivity index (χ4v) is 5.61. The van der Waals surface area contributed by atoms with E-state index < -0.39 is 12.4 Å². The molecule has 0 saturated heterocycles. The number of fused-ring (bicyclic) bond motifs is 4. The van der Waals surface area contributed by atoms with E-state index in [4.69, 9.17) is 40.3 Å². The number of benzene rings is 2. The molecule has 5 aromatic rings. The number of methoxy groups -OCH3 is 2. The number of halogens is 1. The Balaban J connectivity index is 1.28. The first-order valence-electron chi connectivity index (χ1n) is 12.0. The summed E-state index contributed by atoms with van der Waals surface area (Å²) >= 11 is 8.02. The first kappa shape index (κ1) is 25.8. The van der Waals surface area contributed by atoms with Crippen LogP contribution in [-0.2, 0) is 4.74 Å². The van der Waals surface area contributed by atoms with Crippen LogP contribution in [0.25, 0.3) is 31.8 Å². The van der Waals surface area contributed by atoms with Crippen molar-refractivity contribution in [3.8, 4) is 33.8 Å². The number of aryl methyl sites for hydroxylation is 1.